The number of carbonyl (C=O) groups excluding carboxylic acids is 1. The van der Waals surface area contributed by atoms with E-state index in [1.807, 2.05) is 0 Å². The molecule has 1 aliphatic heterocycles. The average molecular weight is 301 g/mol. The van der Waals surface area contributed by atoms with Crippen molar-refractivity contribution in [3.05, 3.63) is 34.1 Å². The summed E-state index contributed by atoms with van der Waals surface area (Å²) in [5, 5.41) is 0. The Bertz CT molecular complexity index is 452. The first-order valence-electron chi connectivity index (χ1n) is 5.47. The average Bonchev–Trinajstić information content (AvgIpc) is 2.29. The van der Waals surface area contributed by atoms with Crippen LogP contribution in [0.15, 0.2) is 22.7 Å². The Balaban J connectivity index is 2.36. The molecule has 3 nitrogen and oxygen atoms in total. The molecule has 1 aromatic rings. The molecule has 1 aromatic carbocycles. The van der Waals surface area contributed by atoms with E-state index in [1.54, 1.807) is 24.1 Å². The van der Waals surface area contributed by atoms with Gasteiger partial charge < -0.3 is 10.6 Å². The number of likely N-dealkylation sites (N-methyl/N-ethyl adjacent to an activating group) is 1. The first kappa shape index (κ1) is 12.5. The van der Waals surface area contributed by atoms with E-state index in [9.17, 15) is 9.18 Å². The molecule has 2 rings (SSSR count). The normalized spacial score (nSPS) is 25.2. The standard InChI is InChI=1S/C12H14BrFN2O/c1-16-11(17)5-4-10(15)12(16)7-2-3-9(14)8(13)6-7/h2-3,6,10,12H,4-5,15H2,1H3. The number of likely N-dealkylation sites (tertiary alicyclic amines) is 1. The fraction of sp³-hybridized carbons (Fsp3) is 0.417. The van der Waals surface area contributed by atoms with Crippen molar-refractivity contribution in [2.45, 2.75) is 24.9 Å². The van der Waals surface area contributed by atoms with Gasteiger partial charge in [0.2, 0.25) is 5.91 Å². The predicted molar refractivity (Wildman–Crippen MR) is 66.8 cm³/mol. The molecule has 1 amide bonds. The number of piperidine rings is 1. The molecule has 2 unspecified atom stereocenters. The number of nitrogens with two attached hydrogens (primary N) is 1. The number of hydrogen-bond acceptors (Lipinski definition) is 2. The minimum absolute atomic E-state index is 0.0807. The molecule has 0 spiro atoms. The van der Waals surface area contributed by atoms with Crippen molar-refractivity contribution in [1.82, 2.24) is 4.90 Å². The minimum Gasteiger partial charge on any atom is -0.337 e. The lowest BCUT2D eigenvalue weighted by Crippen LogP contribution is -2.46. The van der Waals surface area contributed by atoms with E-state index in [-0.39, 0.29) is 23.8 Å². The lowest BCUT2D eigenvalue weighted by atomic mass is 9.91. The summed E-state index contributed by atoms with van der Waals surface area (Å²) in [6, 6.07) is 4.48. The van der Waals surface area contributed by atoms with E-state index in [2.05, 4.69) is 15.9 Å². The highest BCUT2D eigenvalue weighted by Gasteiger charge is 2.32. The van der Waals surface area contributed by atoms with Crippen molar-refractivity contribution in [3.8, 4) is 0 Å². The topological polar surface area (TPSA) is 46.3 Å². The molecule has 0 aliphatic carbocycles. The SMILES string of the molecule is CN1C(=O)CCC(N)C1c1ccc(F)c(Br)c1. The highest BCUT2D eigenvalue weighted by Crippen LogP contribution is 2.31. The quantitative estimate of drug-likeness (QED) is 0.864. The van der Waals surface area contributed by atoms with Gasteiger partial charge in [0, 0.05) is 19.5 Å². The summed E-state index contributed by atoms with van der Waals surface area (Å²) in [5.41, 5.74) is 6.91. The van der Waals surface area contributed by atoms with Crippen LogP contribution in [0, 0.1) is 5.82 Å². The van der Waals surface area contributed by atoms with Crippen LogP contribution in [-0.2, 0) is 4.79 Å². The largest absolute Gasteiger partial charge is 0.337 e. The van der Waals surface area contributed by atoms with E-state index in [0.717, 1.165) is 5.56 Å². The number of amides is 1. The molecular formula is C12H14BrFN2O. The molecule has 0 bridgehead atoms. The molecule has 92 valence electrons. The van der Waals surface area contributed by atoms with Gasteiger partial charge in [-0.15, -0.1) is 0 Å². The van der Waals surface area contributed by atoms with Crippen molar-refractivity contribution >= 4 is 21.8 Å². The molecular weight excluding hydrogens is 287 g/mol. The molecule has 0 aromatic heterocycles. The van der Waals surface area contributed by atoms with Gasteiger partial charge in [-0.05, 0) is 40.0 Å². The number of carbonyl (C=O) groups is 1. The third-order valence-electron chi connectivity index (χ3n) is 3.19. The summed E-state index contributed by atoms with van der Waals surface area (Å²) in [6.07, 6.45) is 1.15. The van der Waals surface area contributed by atoms with Gasteiger partial charge in [-0.1, -0.05) is 6.07 Å². The van der Waals surface area contributed by atoms with E-state index >= 15 is 0 Å². The molecule has 1 heterocycles. The zero-order valence-electron chi connectivity index (χ0n) is 9.49. The second kappa shape index (κ2) is 4.74. The van der Waals surface area contributed by atoms with Crippen molar-refractivity contribution in [3.63, 3.8) is 0 Å². The Kier molecular flexibility index (Phi) is 3.49. The first-order chi connectivity index (χ1) is 8.00. The van der Waals surface area contributed by atoms with Gasteiger partial charge in [0.15, 0.2) is 0 Å². The lowest BCUT2D eigenvalue weighted by molar-refractivity contribution is -0.135. The van der Waals surface area contributed by atoms with E-state index in [0.29, 0.717) is 17.3 Å². The molecule has 1 saturated heterocycles. The molecule has 17 heavy (non-hydrogen) atoms. The van der Waals surface area contributed by atoms with Gasteiger partial charge in [-0.2, -0.15) is 0 Å². The Morgan fingerprint density at radius 2 is 2.24 bits per heavy atom. The second-order valence-corrected chi connectivity index (χ2v) is 5.18. The lowest BCUT2D eigenvalue weighted by Gasteiger charge is -2.37. The van der Waals surface area contributed by atoms with Gasteiger partial charge in [-0.3, -0.25) is 4.79 Å². The smallest absolute Gasteiger partial charge is 0.222 e. The van der Waals surface area contributed by atoms with Crippen LogP contribution in [0.5, 0.6) is 0 Å². The fourth-order valence-corrected chi connectivity index (χ4v) is 2.63. The Morgan fingerprint density at radius 1 is 1.53 bits per heavy atom. The highest BCUT2D eigenvalue weighted by atomic mass is 79.9. The monoisotopic (exact) mass is 300 g/mol. The predicted octanol–water partition coefficient (Wildman–Crippen LogP) is 2.21. The summed E-state index contributed by atoms with van der Waals surface area (Å²) >= 11 is 3.15. The van der Waals surface area contributed by atoms with Crippen LogP contribution in [0.2, 0.25) is 0 Å². The fourth-order valence-electron chi connectivity index (χ4n) is 2.23. The summed E-state index contributed by atoms with van der Waals surface area (Å²) < 4.78 is 13.6. The van der Waals surface area contributed by atoms with Crippen LogP contribution in [0.4, 0.5) is 4.39 Å². The summed E-state index contributed by atoms with van der Waals surface area (Å²) in [6.45, 7) is 0. The van der Waals surface area contributed by atoms with E-state index < -0.39 is 0 Å². The van der Waals surface area contributed by atoms with Gasteiger partial charge in [0.05, 0.1) is 10.5 Å². The van der Waals surface area contributed by atoms with Crippen molar-refractivity contribution in [2.24, 2.45) is 5.73 Å². The maximum Gasteiger partial charge on any atom is 0.222 e. The molecule has 0 radical (unpaired) electrons. The zero-order chi connectivity index (χ0) is 12.6. The molecule has 5 heteroatoms. The highest BCUT2D eigenvalue weighted by molar-refractivity contribution is 9.10. The molecule has 2 N–H and O–H groups in total. The van der Waals surface area contributed by atoms with Gasteiger partial charge >= 0.3 is 0 Å². The van der Waals surface area contributed by atoms with Crippen LogP contribution >= 0.6 is 15.9 Å². The van der Waals surface area contributed by atoms with E-state index in [4.69, 9.17) is 5.73 Å². The Labute approximate surface area is 108 Å². The first-order valence-corrected chi connectivity index (χ1v) is 6.26. The van der Waals surface area contributed by atoms with Gasteiger partial charge in [0.25, 0.3) is 0 Å². The van der Waals surface area contributed by atoms with Crippen LogP contribution in [0.3, 0.4) is 0 Å². The third-order valence-corrected chi connectivity index (χ3v) is 3.80. The number of nitrogens with zero attached hydrogens (tertiary/aromatic N) is 1. The van der Waals surface area contributed by atoms with Crippen LogP contribution in [0.25, 0.3) is 0 Å². The van der Waals surface area contributed by atoms with Crippen molar-refractivity contribution in [2.75, 3.05) is 7.05 Å². The maximum atomic E-state index is 13.2. The van der Waals surface area contributed by atoms with Crippen molar-refractivity contribution < 1.29 is 9.18 Å². The molecule has 1 fully saturated rings. The van der Waals surface area contributed by atoms with Gasteiger partial charge in [-0.25, -0.2) is 4.39 Å². The Hall–Kier alpha value is -0.940. The second-order valence-electron chi connectivity index (χ2n) is 4.33. The Morgan fingerprint density at radius 3 is 2.88 bits per heavy atom. The molecule has 0 saturated carbocycles. The zero-order valence-corrected chi connectivity index (χ0v) is 11.1. The van der Waals surface area contributed by atoms with Crippen LogP contribution < -0.4 is 5.73 Å². The van der Waals surface area contributed by atoms with Crippen molar-refractivity contribution in [1.29, 1.82) is 0 Å². The molecule has 2 atom stereocenters. The number of halogens is 2. The third kappa shape index (κ3) is 2.35. The summed E-state index contributed by atoms with van der Waals surface area (Å²) in [4.78, 5) is 13.3. The van der Waals surface area contributed by atoms with Crippen LogP contribution in [-0.4, -0.2) is 23.9 Å². The van der Waals surface area contributed by atoms with Gasteiger partial charge in [0.1, 0.15) is 5.82 Å². The molecule has 1 aliphatic rings. The number of hydrogen-bond donors (Lipinski definition) is 1. The summed E-state index contributed by atoms with van der Waals surface area (Å²) in [5.74, 6) is -0.232. The maximum absolute atomic E-state index is 13.2. The number of rotatable bonds is 1. The summed E-state index contributed by atoms with van der Waals surface area (Å²) in [7, 11) is 1.74. The minimum atomic E-state index is -0.313. The number of benzene rings is 1. The van der Waals surface area contributed by atoms with E-state index in [1.165, 1.54) is 6.07 Å². The van der Waals surface area contributed by atoms with Crippen LogP contribution in [0.1, 0.15) is 24.4 Å².